The van der Waals surface area contributed by atoms with Gasteiger partial charge in [-0.1, -0.05) is 31.5 Å². The zero-order valence-electron chi connectivity index (χ0n) is 11.1. The zero-order chi connectivity index (χ0) is 13.5. The minimum atomic E-state index is 0.381. The summed E-state index contributed by atoms with van der Waals surface area (Å²) in [5.74, 6) is 2.10. The Labute approximate surface area is 118 Å². The first-order valence-electron chi connectivity index (χ1n) is 6.56. The van der Waals surface area contributed by atoms with Crippen LogP contribution < -0.4 is 5.43 Å². The average Bonchev–Trinajstić information content (AvgIpc) is 2.41. The molecule has 1 aromatic heterocycles. The molecule has 0 saturated heterocycles. The van der Waals surface area contributed by atoms with Crippen molar-refractivity contribution in [3.05, 3.63) is 28.9 Å². The van der Waals surface area contributed by atoms with Crippen molar-refractivity contribution >= 4 is 23.6 Å². The molecule has 0 aliphatic heterocycles. The first-order chi connectivity index (χ1) is 9.07. The lowest BCUT2D eigenvalue weighted by Crippen LogP contribution is -2.48. The van der Waals surface area contributed by atoms with E-state index in [4.69, 9.17) is 11.6 Å². The maximum Gasteiger partial charge on any atom is 0.168 e. The summed E-state index contributed by atoms with van der Waals surface area (Å²) in [7, 11) is 0. The number of hydrogen-bond acceptors (Lipinski definition) is 4. The molecule has 100 valence electrons. The van der Waals surface area contributed by atoms with Gasteiger partial charge in [-0.3, -0.25) is 5.43 Å². The Morgan fingerprint density at radius 2 is 2.26 bits per heavy atom. The third-order valence-corrected chi connectivity index (χ3v) is 4.74. The highest BCUT2D eigenvalue weighted by Gasteiger charge is 2.50. The van der Waals surface area contributed by atoms with Crippen LogP contribution in [0.3, 0.4) is 0 Å². The maximum atomic E-state index is 5.67. The van der Waals surface area contributed by atoms with Gasteiger partial charge in [0.05, 0.1) is 6.21 Å². The van der Waals surface area contributed by atoms with E-state index in [2.05, 4.69) is 40.6 Å². The van der Waals surface area contributed by atoms with E-state index >= 15 is 0 Å². The number of allylic oxidation sites excluding steroid dienone is 2. The Kier molecular flexibility index (Phi) is 3.05. The molecule has 1 N–H and O–H groups in total. The molecule has 1 aromatic rings. The molecule has 2 atom stereocenters. The van der Waals surface area contributed by atoms with E-state index in [-0.39, 0.29) is 0 Å². The van der Waals surface area contributed by atoms with E-state index in [0.717, 1.165) is 5.92 Å². The van der Waals surface area contributed by atoms with Gasteiger partial charge < -0.3 is 0 Å². The lowest BCUT2D eigenvalue weighted by molar-refractivity contribution is -0.00124. The molecule has 19 heavy (non-hydrogen) atoms. The normalized spacial score (nSPS) is 27.8. The Balaban J connectivity index is 1.64. The Hall–Kier alpha value is -1.42. The second-order valence-corrected chi connectivity index (χ2v) is 6.24. The molecule has 0 spiro atoms. The molecule has 4 rings (SSSR count). The van der Waals surface area contributed by atoms with Gasteiger partial charge in [-0.25, -0.2) is 0 Å². The van der Waals surface area contributed by atoms with Gasteiger partial charge in [-0.2, -0.15) is 5.10 Å². The van der Waals surface area contributed by atoms with Crippen LogP contribution in [0.15, 0.2) is 28.9 Å². The smallest absolute Gasteiger partial charge is 0.168 e. The lowest BCUT2D eigenvalue weighted by atomic mass is 9.49. The molecule has 1 fully saturated rings. The van der Waals surface area contributed by atoms with Gasteiger partial charge >= 0.3 is 0 Å². The van der Waals surface area contributed by atoms with Gasteiger partial charge in [-0.15, -0.1) is 10.2 Å². The molecule has 2 unspecified atom stereocenters. The minimum Gasteiger partial charge on any atom is -0.260 e. The van der Waals surface area contributed by atoms with Crippen molar-refractivity contribution in [1.29, 1.82) is 0 Å². The van der Waals surface area contributed by atoms with Crippen LogP contribution in [-0.2, 0) is 0 Å². The molecular formula is C14H17ClN4. The first-order valence-corrected chi connectivity index (χ1v) is 6.93. The van der Waals surface area contributed by atoms with E-state index in [0.29, 0.717) is 22.3 Å². The summed E-state index contributed by atoms with van der Waals surface area (Å²) in [6.07, 6.45) is 6.69. The first kappa shape index (κ1) is 12.6. The highest BCUT2D eigenvalue weighted by molar-refractivity contribution is 6.29. The summed E-state index contributed by atoms with van der Waals surface area (Å²) in [5, 5.41) is 12.3. The number of rotatable bonds is 3. The number of hydrogen-bond donors (Lipinski definition) is 1. The molecular weight excluding hydrogens is 260 g/mol. The summed E-state index contributed by atoms with van der Waals surface area (Å²) in [4.78, 5) is 0. The topological polar surface area (TPSA) is 50.2 Å². The largest absolute Gasteiger partial charge is 0.260 e. The summed E-state index contributed by atoms with van der Waals surface area (Å²) in [6.45, 7) is 4.70. The molecule has 5 heteroatoms. The van der Waals surface area contributed by atoms with Crippen molar-refractivity contribution in [2.24, 2.45) is 22.4 Å². The van der Waals surface area contributed by atoms with Gasteiger partial charge in [0.15, 0.2) is 11.0 Å². The predicted molar refractivity (Wildman–Crippen MR) is 77.2 cm³/mol. The van der Waals surface area contributed by atoms with Crippen molar-refractivity contribution in [2.45, 2.75) is 26.7 Å². The Bertz CT molecular complexity index is 533. The van der Waals surface area contributed by atoms with Crippen molar-refractivity contribution in [3.8, 4) is 0 Å². The average molecular weight is 277 g/mol. The van der Waals surface area contributed by atoms with Crippen LogP contribution in [0.5, 0.6) is 0 Å². The number of aromatic nitrogens is 2. The number of fused-ring (bicyclic) bond motifs is 1. The van der Waals surface area contributed by atoms with Crippen LogP contribution in [0.1, 0.15) is 26.7 Å². The van der Waals surface area contributed by atoms with Crippen LogP contribution in [0.25, 0.3) is 0 Å². The van der Waals surface area contributed by atoms with Crippen molar-refractivity contribution in [3.63, 3.8) is 0 Å². The molecule has 2 bridgehead atoms. The van der Waals surface area contributed by atoms with Crippen LogP contribution in [0.4, 0.5) is 5.82 Å². The number of anilines is 1. The van der Waals surface area contributed by atoms with E-state index in [9.17, 15) is 0 Å². The molecule has 3 aliphatic carbocycles. The van der Waals surface area contributed by atoms with E-state index < -0.39 is 0 Å². The standard InChI is InChI=1S/C14H17ClN4/c1-14(2)10-4-3-9(11(14)7-10)8-16-18-13-6-5-12(15)17-19-13/h3,5-6,8,10-11H,4,7H2,1-2H3,(H,18,19)/b16-8+. The Morgan fingerprint density at radius 3 is 2.89 bits per heavy atom. The summed E-state index contributed by atoms with van der Waals surface area (Å²) < 4.78 is 0. The predicted octanol–water partition coefficient (Wildman–Crippen LogP) is 3.52. The number of nitrogens with one attached hydrogen (secondary N) is 1. The third-order valence-electron chi connectivity index (χ3n) is 4.54. The monoisotopic (exact) mass is 276 g/mol. The van der Waals surface area contributed by atoms with Crippen LogP contribution >= 0.6 is 11.6 Å². The molecule has 1 saturated carbocycles. The fraction of sp³-hybridized carbons (Fsp3) is 0.500. The molecule has 0 radical (unpaired) electrons. The van der Waals surface area contributed by atoms with Gasteiger partial charge in [0.25, 0.3) is 0 Å². The van der Waals surface area contributed by atoms with Gasteiger partial charge in [0, 0.05) is 0 Å². The summed E-state index contributed by atoms with van der Waals surface area (Å²) in [5.41, 5.74) is 4.64. The third kappa shape index (κ3) is 2.25. The van der Waals surface area contributed by atoms with E-state index in [1.54, 1.807) is 12.1 Å². The maximum absolute atomic E-state index is 5.67. The van der Waals surface area contributed by atoms with Crippen molar-refractivity contribution < 1.29 is 0 Å². The fourth-order valence-electron chi connectivity index (χ4n) is 3.09. The summed E-state index contributed by atoms with van der Waals surface area (Å²) in [6, 6.07) is 3.44. The van der Waals surface area contributed by atoms with Gasteiger partial charge in [0.2, 0.25) is 0 Å². The fourth-order valence-corrected chi connectivity index (χ4v) is 3.19. The van der Waals surface area contributed by atoms with Crippen molar-refractivity contribution in [2.75, 3.05) is 5.43 Å². The highest BCUT2D eigenvalue weighted by Crippen LogP contribution is 2.58. The second-order valence-electron chi connectivity index (χ2n) is 5.86. The van der Waals surface area contributed by atoms with Crippen LogP contribution in [0, 0.1) is 17.3 Å². The van der Waals surface area contributed by atoms with Gasteiger partial charge in [0.1, 0.15) is 0 Å². The zero-order valence-corrected chi connectivity index (χ0v) is 11.9. The second kappa shape index (κ2) is 4.60. The van der Waals surface area contributed by atoms with E-state index in [1.807, 2.05) is 6.21 Å². The highest BCUT2D eigenvalue weighted by atomic mass is 35.5. The van der Waals surface area contributed by atoms with Gasteiger partial charge in [-0.05, 0) is 47.8 Å². The molecule has 0 amide bonds. The number of halogens is 1. The Morgan fingerprint density at radius 1 is 1.42 bits per heavy atom. The van der Waals surface area contributed by atoms with Crippen LogP contribution in [-0.4, -0.2) is 16.4 Å². The SMILES string of the molecule is CC1(C)C2CC=C(/C=N/Nc3ccc(Cl)nn3)C1C2. The number of hydrazone groups is 1. The molecule has 1 heterocycles. The molecule has 0 aromatic carbocycles. The quantitative estimate of drug-likeness (QED) is 0.679. The lowest BCUT2D eigenvalue weighted by Gasteiger charge is -2.55. The van der Waals surface area contributed by atoms with Crippen molar-refractivity contribution in [1.82, 2.24) is 10.2 Å². The summed E-state index contributed by atoms with van der Waals surface area (Å²) >= 11 is 5.67. The van der Waals surface area contributed by atoms with E-state index in [1.165, 1.54) is 18.4 Å². The molecule has 4 nitrogen and oxygen atoms in total. The van der Waals surface area contributed by atoms with Crippen LogP contribution in [0.2, 0.25) is 5.15 Å². The molecule has 3 aliphatic rings. The minimum absolute atomic E-state index is 0.381. The number of nitrogens with zero attached hydrogens (tertiary/aromatic N) is 3.